The highest BCUT2D eigenvalue weighted by Crippen LogP contribution is 2.20. The number of guanidine groups is 1. The number of rotatable bonds is 4. The lowest BCUT2D eigenvalue weighted by molar-refractivity contribution is 0.0674. The first-order valence-electron chi connectivity index (χ1n) is 7.72. The molecule has 0 radical (unpaired) electrons. The van der Waals surface area contributed by atoms with Crippen molar-refractivity contribution < 1.29 is 13.9 Å². The molecule has 2 N–H and O–H groups in total. The van der Waals surface area contributed by atoms with Crippen LogP contribution in [0.1, 0.15) is 5.56 Å². The van der Waals surface area contributed by atoms with Crippen LogP contribution in [0.4, 0.5) is 4.39 Å². The van der Waals surface area contributed by atoms with Crippen LogP contribution in [0.3, 0.4) is 0 Å². The maximum Gasteiger partial charge on any atom is 0.219 e. The van der Waals surface area contributed by atoms with E-state index in [1.807, 2.05) is 11.0 Å². The molecule has 1 fully saturated rings. The molecule has 0 atom stereocenters. The van der Waals surface area contributed by atoms with Crippen molar-refractivity contribution in [2.24, 2.45) is 10.7 Å². The highest BCUT2D eigenvalue weighted by Gasteiger charge is 2.12. The zero-order valence-corrected chi connectivity index (χ0v) is 13.2. The van der Waals surface area contributed by atoms with Gasteiger partial charge < -0.3 is 20.1 Å². The molecule has 1 aliphatic rings. The third-order valence-corrected chi connectivity index (χ3v) is 3.59. The van der Waals surface area contributed by atoms with Gasteiger partial charge in [0.2, 0.25) is 5.88 Å². The lowest BCUT2D eigenvalue weighted by atomic mass is 10.2. The number of hydrogen-bond acceptors (Lipinski definition) is 4. The minimum absolute atomic E-state index is 0.308. The van der Waals surface area contributed by atoms with Gasteiger partial charge >= 0.3 is 0 Å². The monoisotopic (exact) mass is 330 g/mol. The topological polar surface area (TPSA) is 73.0 Å². The van der Waals surface area contributed by atoms with Gasteiger partial charge in [0.05, 0.1) is 19.8 Å². The number of aliphatic imine (C=N–C) groups is 1. The maximum absolute atomic E-state index is 12.9. The Kier molecular flexibility index (Phi) is 5.22. The number of nitrogens with two attached hydrogens (primary N) is 1. The molecule has 0 spiro atoms. The van der Waals surface area contributed by atoms with Gasteiger partial charge in [-0.1, -0.05) is 0 Å². The van der Waals surface area contributed by atoms with E-state index in [-0.39, 0.29) is 5.82 Å². The number of ether oxygens (including phenoxy) is 2. The molecule has 24 heavy (non-hydrogen) atoms. The highest BCUT2D eigenvalue weighted by atomic mass is 19.1. The zero-order valence-electron chi connectivity index (χ0n) is 13.2. The van der Waals surface area contributed by atoms with Crippen LogP contribution in [-0.2, 0) is 11.3 Å². The summed E-state index contributed by atoms with van der Waals surface area (Å²) in [5.41, 5.74) is 6.94. The van der Waals surface area contributed by atoms with E-state index in [4.69, 9.17) is 15.2 Å². The molecule has 2 aromatic rings. The van der Waals surface area contributed by atoms with Gasteiger partial charge in [-0.15, -0.1) is 0 Å². The fourth-order valence-corrected chi connectivity index (χ4v) is 2.29. The van der Waals surface area contributed by atoms with E-state index < -0.39 is 0 Å². The van der Waals surface area contributed by atoms with E-state index in [1.54, 1.807) is 24.4 Å². The molecule has 3 rings (SSSR count). The molecule has 2 heterocycles. The molecule has 6 nitrogen and oxygen atoms in total. The van der Waals surface area contributed by atoms with Crippen molar-refractivity contribution >= 4 is 5.96 Å². The Morgan fingerprint density at radius 3 is 2.75 bits per heavy atom. The first-order valence-corrected chi connectivity index (χ1v) is 7.72. The van der Waals surface area contributed by atoms with Crippen LogP contribution >= 0.6 is 0 Å². The average molecular weight is 330 g/mol. The van der Waals surface area contributed by atoms with Gasteiger partial charge in [-0.05, 0) is 35.9 Å². The zero-order chi connectivity index (χ0) is 16.8. The van der Waals surface area contributed by atoms with Gasteiger partial charge in [-0.2, -0.15) is 0 Å². The van der Waals surface area contributed by atoms with Crippen LogP contribution in [0.5, 0.6) is 11.6 Å². The van der Waals surface area contributed by atoms with Gasteiger partial charge in [0.1, 0.15) is 11.6 Å². The Morgan fingerprint density at radius 2 is 2.00 bits per heavy atom. The van der Waals surface area contributed by atoms with Crippen molar-refractivity contribution in [1.29, 1.82) is 0 Å². The van der Waals surface area contributed by atoms with E-state index in [1.165, 1.54) is 12.1 Å². The second kappa shape index (κ2) is 7.74. The first kappa shape index (κ1) is 16.2. The van der Waals surface area contributed by atoms with E-state index in [0.29, 0.717) is 37.3 Å². The molecule has 1 saturated heterocycles. The third-order valence-electron chi connectivity index (χ3n) is 3.59. The van der Waals surface area contributed by atoms with E-state index in [9.17, 15) is 4.39 Å². The predicted molar refractivity (Wildman–Crippen MR) is 88.4 cm³/mol. The number of pyridine rings is 1. The number of nitrogens with zero attached hydrogens (tertiary/aromatic N) is 3. The van der Waals surface area contributed by atoms with Gasteiger partial charge in [0.25, 0.3) is 0 Å². The van der Waals surface area contributed by atoms with E-state index >= 15 is 0 Å². The summed E-state index contributed by atoms with van der Waals surface area (Å²) in [4.78, 5) is 10.6. The van der Waals surface area contributed by atoms with Crippen molar-refractivity contribution in [3.05, 3.63) is 54.0 Å². The molecule has 1 aliphatic heterocycles. The Bertz CT molecular complexity index is 700. The predicted octanol–water partition coefficient (Wildman–Crippen LogP) is 2.16. The van der Waals surface area contributed by atoms with E-state index in [0.717, 1.165) is 18.7 Å². The molecular weight excluding hydrogens is 311 g/mol. The largest absolute Gasteiger partial charge is 0.439 e. The van der Waals surface area contributed by atoms with Crippen LogP contribution in [0, 0.1) is 5.82 Å². The quantitative estimate of drug-likeness (QED) is 0.687. The maximum atomic E-state index is 12.9. The molecule has 0 saturated carbocycles. The summed E-state index contributed by atoms with van der Waals surface area (Å²) in [7, 11) is 0. The first-order chi connectivity index (χ1) is 11.7. The summed E-state index contributed by atoms with van der Waals surface area (Å²) in [6.45, 7) is 3.28. The van der Waals surface area contributed by atoms with Gasteiger partial charge in [-0.25, -0.2) is 14.4 Å². The minimum atomic E-state index is -0.308. The Balaban J connectivity index is 1.63. The lowest BCUT2D eigenvalue weighted by Crippen LogP contribution is -2.44. The standard InChI is InChI=1S/C17H19FN4O2/c18-14-1-3-15(4-2-14)24-16-11-13(5-6-20-16)12-21-17(19)22-7-9-23-10-8-22/h1-6,11H,7-10,12H2,(H2,19,21). The molecular formula is C17H19FN4O2. The number of morpholine rings is 1. The number of hydrogen-bond donors (Lipinski definition) is 1. The van der Waals surface area contributed by atoms with Crippen molar-refractivity contribution in [3.63, 3.8) is 0 Å². The Hall–Kier alpha value is -2.67. The Morgan fingerprint density at radius 1 is 1.25 bits per heavy atom. The summed E-state index contributed by atoms with van der Waals surface area (Å²) in [5.74, 6) is 1.16. The summed E-state index contributed by atoms with van der Waals surface area (Å²) in [5, 5.41) is 0. The summed E-state index contributed by atoms with van der Waals surface area (Å²) in [6.07, 6.45) is 1.65. The normalized spacial score (nSPS) is 15.4. The fraction of sp³-hybridized carbons (Fsp3) is 0.294. The second-order valence-electron chi connectivity index (χ2n) is 5.33. The second-order valence-corrected chi connectivity index (χ2v) is 5.33. The smallest absolute Gasteiger partial charge is 0.219 e. The SMILES string of the molecule is NC(=NCc1ccnc(Oc2ccc(F)cc2)c1)N1CCOCC1. The number of aromatic nitrogens is 1. The number of halogens is 1. The molecule has 0 aliphatic carbocycles. The summed E-state index contributed by atoms with van der Waals surface area (Å²) >= 11 is 0. The fourth-order valence-electron chi connectivity index (χ4n) is 2.29. The van der Waals surface area contributed by atoms with Crippen molar-refractivity contribution in [3.8, 4) is 11.6 Å². The van der Waals surface area contributed by atoms with Gasteiger partial charge in [0.15, 0.2) is 5.96 Å². The molecule has 0 bridgehead atoms. The summed E-state index contributed by atoms with van der Waals surface area (Å²) < 4.78 is 23.8. The molecule has 1 aromatic heterocycles. The van der Waals surface area contributed by atoms with Crippen LogP contribution in [0.25, 0.3) is 0 Å². The van der Waals surface area contributed by atoms with Gasteiger partial charge in [-0.3, -0.25) is 0 Å². The molecule has 126 valence electrons. The van der Waals surface area contributed by atoms with Crippen molar-refractivity contribution in [2.45, 2.75) is 6.54 Å². The summed E-state index contributed by atoms with van der Waals surface area (Å²) in [6, 6.07) is 9.43. The molecule has 7 heteroatoms. The van der Waals surface area contributed by atoms with Crippen LogP contribution in [0.15, 0.2) is 47.6 Å². The van der Waals surface area contributed by atoms with E-state index in [2.05, 4.69) is 9.98 Å². The van der Waals surface area contributed by atoms with Crippen molar-refractivity contribution in [2.75, 3.05) is 26.3 Å². The van der Waals surface area contributed by atoms with Crippen LogP contribution in [-0.4, -0.2) is 42.1 Å². The van der Waals surface area contributed by atoms with Crippen LogP contribution in [0.2, 0.25) is 0 Å². The average Bonchev–Trinajstić information content (AvgIpc) is 2.63. The van der Waals surface area contributed by atoms with Crippen LogP contribution < -0.4 is 10.5 Å². The minimum Gasteiger partial charge on any atom is -0.439 e. The Labute approximate surface area is 139 Å². The molecule has 1 aromatic carbocycles. The molecule has 0 amide bonds. The highest BCUT2D eigenvalue weighted by molar-refractivity contribution is 5.78. The number of benzene rings is 1. The van der Waals surface area contributed by atoms with Gasteiger partial charge in [0, 0.05) is 25.4 Å². The molecule has 0 unspecified atom stereocenters. The third kappa shape index (κ3) is 4.42. The van der Waals surface area contributed by atoms with Crippen molar-refractivity contribution in [1.82, 2.24) is 9.88 Å². The lowest BCUT2D eigenvalue weighted by Gasteiger charge is -2.27.